The molecule has 2 heterocycles. The summed E-state index contributed by atoms with van der Waals surface area (Å²) in [6, 6.07) is 7.70. The Labute approximate surface area is 135 Å². The Hall–Kier alpha value is -2.84. The topological polar surface area (TPSA) is 67.3 Å². The SMILES string of the molecule is O=C1OCCN1Cc1ccc(Nc2nccc(C(F)(F)F)n2)cc1. The number of hydrogen-bond acceptors (Lipinski definition) is 5. The predicted octanol–water partition coefficient (Wildman–Crippen LogP) is 3.19. The van der Waals surface area contributed by atoms with Crippen LogP contribution in [0, 0.1) is 0 Å². The van der Waals surface area contributed by atoms with Crippen molar-refractivity contribution < 1.29 is 22.7 Å². The number of benzene rings is 1. The maximum absolute atomic E-state index is 12.6. The molecule has 6 nitrogen and oxygen atoms in total. The lowest BCUT2D eigenvalue weighted by Gasteiger charge is -2.13. The van der Waals surface area contributed by atoms with E-state index in [4.69, 9.17) is 4.74 Å². The molecule has 24 heavy (non-hydrogen) atoms. The predicted molar refractivity (Wildman–Crippen MR) is 78.5 cm³/mol. The molecule has 3 rings (SSSR count). The first-order valence-corrected chi connectivity index (χ1v) is 7.10. The molecule has 0 unspecified atom stereocenters. The molecule has 1 amide bonds. The second-order valence-electron chi connectivity index (χ2n) is 5.12. The molecule has 1 aliphatic heterocycles. The second kappa shape index (κ2) is 6.34. The number of rotatable bonds is 4. The molecule has 1 saturated heterocycles. The standard InChI is InChI=1S/C15H13F3N4O2/c16-15(17,18)12-5-6-19-13(21-12)20-11-3-1-10(2-4-11)9-22-7-8-24-14(22)23/h1-6H,7-9H2,(H,19,20,21). The van der Waals surface area contributed by atoms with Crippen molar-refractivity contribution in [1.82, 2.24) is 14.9 Å². The molecule has 126 valence electrons. The Morgan fingerprint density at radius 3 is 2.58 bits per heavy atom. The lowest BCUT2D eigenvalue weighted by Crippen LogP contribution is -2.23. The summed E-state index contributed by atoms with van der Waals surface area (Å²) in [6.07, 6.45) is -3.83. The zero-order valence-corrected chi connectivity index (χ0v) is 12.4. The number of carbonyl (C=O) groups is 1. The highest BCUT2D eigenvalue weighted by atomic mass is 19.4. The average molecular weight is 338 g/mol. The minimum atomic E-state index is -4.52. The van der Waals surface area contributed by atoms with Gasteiger partial charge in [-0.1, -0.05) is 12.1 Å². The van der Waals surface area contributed by atoms with E-state index in [2.05, 4.69) is 15.3 Å². The van der Waals surface area contributed by atoms with Gasteiger partial charge in [-0.3, -0.25) is 0 Å². The first-order chi connectivity index (χ1) is 11.4. The van der Waals surface area contributed by atoms with Gasteiger partial charge in [0.05, 0.1) is 6.54 Å². The fraction of sp³-hybridized carbons (Fsp3) is 0.267. The summed E-state index contributed by atoms with van der Waals surface area (Å²) in [5.74, 6) is -0.138. The fourth-order valence-corrected chi connectivity index (χ4v) is 2.19. The van der Waals surface area contributed by atoms with E-state index >= 15 is 0 Å². The Morgan fingerprint density at radius 1 is 1.21 bits per heavy atom. The maximum Gasteiger partial charge on any atom is 0.433 e. The first-order valence-electron chi connectivity index (χ1n) is 7.10. The molecule has 0 saturated carbocycles. The largest absolute Gasteiger partial charge is 0.448 e. The Kier molecular flexibility index (Phi) is 4.24. The number of hydrogen-bond donors (Lipinski definition) is 1. The van der Waals surface area contributed by atoms with Crippen LogP contribution in [-0.4, -0.2) is 34.1 Å². The summed E-state index contributed by atoms with van der Waals surface area (Å²) >= 11 is 0. The van der Waals surface area contributed by atoms with Crippen LogP contribution in [0.1, 0.15) is 11.3 Å². The number of nitrogens with one attached hydrogen (secondary N) is 1. The van der Waals surface area contributed by atoms with Gasteiger partial charge in [-0.15, -0.1) is 0 Å². The molecule has 0 atom stereocenters. The molecular formula is C15H13F3N4O2. The Bertz CT molecular complexity index is 734. The molecule has 1 N–H and O–H groups in total. The van der Waals surface area contributed by atoms with E-state index in [1.807, 2.05) is 0 Å². The van der Waals surface area contributed by atoms with Crippen LogP contribution >= 0.6 is 0 Å². The summed E-state index contributed by atoms with van der Waals surface area (Å²) in [4.78, 5) is 20.2. The van der Waals surface area contributed by atoms with Gasteiger partial charge in [0, 0.05) is 18.4 Å². The van der Waals surface area contributed by atoms with Crippen molar-refractivity contribution in [3.8, 4) is 0 Å². The first kappa shape index (κ1) is 16.0. The molecule has 1 aliphatic rings. The van der Waals surface area contributed by atoms with E-state index in [1.54, 1.807) is 29.2 Å². The molecular weight excluding hydrogens is 325 g/mol. The van der Waals surface area contributed by atoms with Crippen molar-refractivity contribution >= 4 is 17.7 Å². The number of nitrogens with zero attached hydrogens (tertiary/aromatic N) is 3. The van der Waals surface area contributed by atoms with Crippen LogP contribution in [0.15, 0.2) is 36.5 Å². The van der Waals surface area contributed by atoms with Crippen LogP contribution in [0.4, 0.5) is 29.6 Å². The summed E-state index contributed by atoms with van der Waals surface area (Å²) in [5.41, 5.74) is 0.413. The third kappa shape index (κ3) is 3.73. The normalized spacial score (nSPS) is 14.6. The number of anilines is 2. The number of carbonyl (C=O) groups excluding carboxylic acids is 1. The van der Waals surface area contributed by atoms with Gasteiger partial charge in [0.1, 0.15) is 12.3 Å². The van der Waals surface area contributed by atoms with Gasteiger partial charge in [-0.05, 0) is 23.8 Å². The van der Waals surface area contributed by atoms with E-state index in [9.17, 15) is 18.0 Å². The summed E-state index contributed by atoms with van der Waals surface area (Å²) in [5, 5.41) is 2.72. The van der Waals surface area contributed by atoms with Gasteiger partial charge in [-0.25, -0.2) is 14.8 Å². The van der Waals surface area contributed by atoms with Gasteiger partial charge in [0.2, 0.25) is 5.95 Å². The van der Waals surface area contributed by atoms with Crippen molar-refractivity contribution in [2.24, 2.45) is 0 Å². The summed E-state index contributed by atoms with van der Waals surface area (Å²) in [6.45, 7) is 1.33. The van der Waals surface area contributed by atoms with Crippen molar-refractivity contribution in [2.75, 3.05) is 18.5 Å². The molecule has 0 radical (unpaired) electrons. The summed E-state index contributed by atoms with van der Waals surface area (Å²) < 4.78 is 42.7. The van der Waals surface area contributed by atoms with Crippen LogP contribution in [-0.2, 0) is 17.5 Å². The third-order valence-electron chi connectivity index (χ3n) is 3.37. The minimum Gasteiger partial charge on any atom is -0.448 e. The molecule has 0 spiro atoms. The van der Waals surface area contributed by atoms with E-state index in [0.29, 0.717) is 25.4 Å². The van der Waals surface area contributed by atoms with Crippen molar-refractivity contribution in [3.05, 3.63) is 47.8 Å². The zero-order chi connectivity index (χ0) is 17.2. The number of halogens is 3. The number of cyclic esters (lactones) is 1. The quantitative estimate of drug-likeness (QED) is 0.927. The van der Waals surface area contributed by atoms with E-state index in [1.165, 1.54) is 0 Å². The second-order valence-corrected chi connectivity index (χ2v) is 5.12. The monoisotopic (exact) mass is 338 g/mol. The van der Waals surface area contributed by atoms with E-state index in [0.717, 1.165) is 17.8 Å². The molecule has 1 fully saturated rings. The van der Waals surface area contributed by atoms with Gasteiger partial charge in [0.25, 0.3) is 0 Å². The summed E-state index contributed by atoms with van der Waals surface area (Å²) in [7, 11) is 0. The van der Waals surface area contributed by atoms with Crippen LogP contribution in [0.3, 0.4) is 0 Å². The van der Waals surface area contributed by atoms with Crippen molar-refractivity contribution in [3.63, 3.8) is 0 Å². The van der Waals surface area contributed by atoms with Crippen LogP contribution in [0.25, 0.3) is 0 Å². The van der Waals surface area contributed by atoms with Gasteiger partial charge in [-0.2, -0.15) is 13.2 Å². The Morgan fingerprint density at radius 2 is 1.96 bits per heavy atom. The zero-order valence-electron chi connectivity index (χ0n) is 12.4. The van der Waals surface area contributed by atoms with Crippen molar-refractivity contribution in [2.45, 2.75) is 12.7 Å². The molecule has 2 aromatic rings. The number of alkyl halides is 3. The van der Waals surface area contributed by atoms with Crippen molar-refractivity contribution in [1.29, 1.82) is 0 Å². The Balaban J connectivity index is 1.67. The van der Waals surface area contributed by atoms with E-state index < -0.39 is 11.9 Å². The third-order valence-corrected chi connectivity index (χ3v) is 3.37. The molecule has 1 aromatic heterocycles. The fourth-order valence-electron chi connectivity index (χ4n) is 2.19. The van der Waals surface area contributed by atoms with Gasteiger partial charge < -0.3 is 15.0 Å². The van der Waals surface area contributed by atoms with Gasteiger partial charge >= 0.3 is 12.3 Å². The maximum atomic E-state index is 12.6. The molecule has 9 heteroatoms. The lowest BCUT2D eigenvalue weighted by atomic mass is 10.2. The molecule has 0 bridgehead atoms. The van der Waals surface area contributed by atoms with E-state index in [-0.39, 0.29) is 12.0 Å². The highest BCUT2D eigenvalue weighted by molar-refractivity contribution is 5.69. The lowest BCUT2D eigenvalue weighted by molar-refractivity contribution is -0.141. The smallest absolute Gasteiger partial charge is 0.433 e. The van der Waals surface area contributed by atoms with Gasteiger partial charge in [0.15, 0.2) is 0 Å². The molecule has 0 aliphatic carbocycles. The minimum absolute atomic E-state index is 0.138. The number of aromatic nitrogens is 2. The van der Waals surface area contributed by atoms with Crippen LogP contribution in [0.2, 0.25) is 0 Å². The highest BCUT2D eigenvalue weighted by Gasteiger charge is 2.32. The average Bonchev–Trinajstić information content (AvgIpc) is 2.94. The van der Waals surface area contributed by atoms with Crippen LogP contribution in [0.5, 0.6) is 0 Å². The highest BCUT2D eigenvalue weighted by Crippen LogP contribution is 2.28. The number of amides is 1. The number of ether oxygens (including phenoxy) is 1. The van der Waals surface area contributed by atoms with Crippen LogP contribution < -0.4 is 5.32 Å². The molecule has 1 aromatic carbocycles.